The van der Waals surface area contributed by atoms with Crippen LogP contribution in [-0.2, 0) is 4.79 Å². The van der Waals surface area contributed by atoms with Crippen molar-refractivity contribution < 1.29 is 15.0 Å². The van der Waals surface area contributed by atoms with Crippen LogP contribution in [0.3, 0.4) is 0 Å². The highest BCUT2D eigenvalue weighted by Crippen LogP contribution is 1.91. The zero-order valence-corrected chi connectivity index (χ0v) is 6.84. The number of nitrogens with one attached hydrogen (secondary N) is 1. The molecule has 3 N–H and O–H groups in total. The van der Waals surface area contributed by atoms with Crippen molar-refractivity contribution in [3.8, 4) is 0 Å². The van der Waals surface area contributed by atoms with Crippen molar-refractivity contribution in [2.45, 2.75) is 12.5 Å². The first kappa shape index (κ1) is 10.7. The van der Waals surface area contributed by atoms with Gasteiger partial charge in [0.1, 0.15) is 0 Å². The fourth-order valence-corrected chi connectivity index (χ4v) is 0.695. The molecule has 0 heterocycles. The number of hydrogen-bond donors (Lipinski definition) is 3. The standard InChI is InChI=1S/C6H12ClNO3/c7-3-5(9)1-2-8-4-6(10)11/h5,8-9H,1-4H2,(H,10,11). The van der Waals surface area contributed by atoms with Crippen molar-refractivity contribution in [1.29, 1.82) is 0 Å². The molecule has 0 saturated carbocycles. The second kappa shape index (κ2) is 6.39. The molecule has 0 aromatic carbocycles. The monoisotopic (exact) mass is 181 g/mol. The van der Waals surface area contributed by atoms with Crippen LogP contribution >= 0.6 is 11.6 Å². The maximum atomic E-state index is 9.96. The molecule has 11 heavy (non-hydrogen) atoms. The summed E-state index contributed by atoms with van der Waals surface area (Å²) in [5.74, 6) is -0.709. The van der Waals surface area contributed by atoms with Crippen LogP contribution in [0.15, 0.2) is 0 Å². The number of carboxylic acids is 1. The Bertz CT molecular complexity index is 120. The fourth-order valence-electron chi connectivity index (χ4n) is 0.541. The van der Waals surface area contributed by atoms with Crippen molar-refractivity contribution in [2.75, 3.05) is 19.0 Å². The molecule has 0 aliphatic rings. The van der Waals surface area contributed by atoms with Gasteiger partial charge in [-0.25, -0.2) is 0 Å². The first-order valence-corrected chi connectivity index (χ1v) is 3.86. The summed E-state index contributed by atoms with van der Waals surface area (Å²) in [5.41, 5.74) is 0. The quantitative estimate of drug-likeness (QED) is 0.387. The van der Waals surface area contributed by atoms with Gasteiger partial charge in [-0.15, -0.1) is 11.6 Å². The third kappa shape index (κ3) is 7.58. The number of aliphatic hydroxyl groups is 1. The molecule has 0 aromatic heterocycles. The van der Waals surface area contributed by atoms with E-state index in [-0.39, 0.29) is 12.4 Å². The van der Waals surface area contributed by atoms with Gasteiger partial charge in [0.15, 0.2) is 0 Å². The topological polar surface area (TPSA) is 69.6 Å². The van der Waals surface area contributed by atoms with Gasteiger partial charge in [0.2, 0.25) is 0 Å². The number of aliphatic carboxylic acids is 1. The molecular weight excluding hydrogens is 170 g/mol. The van der Waals surface area contributed by atoms with Gasteiger partial charge >= 0.3 is 5.97 Å². The minimum atomic E-state index is -0.898. The first-order chi connectivity index (χ1) is 5.16. The number of rotatable bonds is 6. The Kier molecular flexibility index (Phi) is 6.21. The summed E-state index contributed by atoms with van der Waals surface area (Å²) >= 11 is 5.30. The maximum absolute atomic E-state index is 9.96. The van der Waals surface area contributed by atoms with E-state index in [2.05, 4.69) is 5.32 Å². The molecule has 0 spiro atoms. The molecule has 0 radical (unpaired) electrons. The normalized spacial score (nSPS) is 12.9. The van der Waals surface area contributed by atoms with Gasteiger partial charge in [-0.2, -0.15) is 0 Å². The highest BCUT2D eigenvalue weighted by molar-refractivity contribution is 6.18. The molecule has 0 fully saturated rings. The van der Waals surface area contributed by atoms with Crippen molar-refractivity contribution >= 4 is 17.6 Å². The molecule has 0 rings (SSSR count). The van der Waals surface area contributed by atoms with E-state index < -0.39 is 12.1 Å². The van der Waals surface area contributed by atoms with E-state index in [1.165, 1.54) is 0 Å². The molecule has 0 aromatic rings. The summed E-state index contributed by atoms with van der Waals surface area (Å²) < 4.78 is 0. The summed E-state index contributed by atoms with van der Waals surface area (Å²) in [6.45, 7) is 0.398. The van der Waals surface area contributed by atoms with Crippen LogP contribution in [0.25, 0.3) is 0 Å². The molecule has 4 nitrogen and oxygen atoms in total. The summed E-state index contributed by atoms with van der Waals surface area (Å²) in [5, 5.41) is 19.7. The molecule has 1 unspecified atom stereocenters. The van der Waals surface area contributed by atoms with Crippen LogP contribution in [0.1, 0.15) is 6.42 Å². The lowest BCUT2D eigenvalue weighted by Gasteiger charge is -2.05. The minimum Gasteiger partial charge on any atom is -0.480 e. The Morgan fingerprint density at radius 1 is 1.64 bits per heavy atom. The molecule has 0 bridgehead atoms. The molecule has 1 atom stereocenters. The summed E-state index contributed by atoms with van der Waals surface area (Å²) in [7, 11) is 0. The third-order valence-corrected chi connectivity index (χ3v) is 1.46. The third-order valence-electron chi connectivity index (χ3n) is 1.11. The van der Waals surface area contributed by atoms with E-state index in [0.29, 0.717) is 13.0 Å². The van der Waals surface area contributed by atoms with Gasteiger partial charge in [0, 0.05) is 5.88 Å². The summed E-state index contributed by atoms with van der Waals surface area (Å²) in [4.78, 5) is 9.96. The number of hydrogen-bond acceptors (Lipinski definition) is 3. The zero-order valence-electron chi connectivity index (χ0n) is 6.09. The predicted molar refractivity (Wildman–Crippen MR) is 41.8 cm³/mol. The molecule has 0 saturated heterocycles. The Labute approximate surface area is 70.2 Å². The highest BCUT2D eigenvalue weighted by Gasteiger charge is 2.01. The Morgan fingerprint density at radius 2 is 2.27 bits per heavy atom. The van der Waals surface area contributed by atoms with E-state index in [1.54, 1.807) is 0 Å². The number of carbonyl (C=O) groups is 1. The van der Waals surface area contributed by atoms with Crippen molar-refractivity contribution in [3.63, 3.8) is 0 Å². The van der Waals surface area contributed by atoms with E-state index >= 15 is 0 Å². The fraction of sp³-hybridized carbons (Fsp3) is 0.833. The van der Waals surface area contributed by atoms with Crippen molar-refractivity contribution in [3.05, 3.63) is 0 Å². The number of carboxylic acid groups (broad SMARTS) is 1. The minimum absolute atomic E-state index is 0.0744. The lowest BCUT2D eigenvalue weighted by Crippen LogP contribution is -2.26. The molecular formula is C6H12ClNO3. The van der Waals surface area contributed by atoms with E-state index in [9.17, 15) is 4.79 Å². The van der Waals surface area contributed by atoms with Gasteiger partial charge in [-0.3, -0.25) is 4.79 Å². The molecule has 66 valence electrons. The Hall–Kier alpha value is -0.320. The molecule has 5 heteroatoms. The van der Waals surface area contributed by atoms with Gasteiger partial charge in [0.25, 0.3) is 0 Å². The van der Waals surface area contributed by atoms with E-state index in [1.807, 2.05) is 0 Å². The van der Waals surface area contributed by atoms with E-state index in [0.717, 1.165) is 0 Å². The highest BCUT2D eigenvalue weighted by atomic mass is 35.5. The number of aliphatic hydroxyl groups excluding tert-OH is 1. The molecule has 0 aliphatic carbocycles. The number of halogens is 1. The maximum Gasteiger partial charge on any atom is 0.317 e. The Morgan fingerprint density at radius 3 is 2.73 bits per heavy atom. The van der Waals surface area contributed by atoms with Gasteiger partial charge in [0.05, 0.1) is 12.6 Å². The van der Waals surface area contributed by atoms with Gasteiger partial charge < -0.3 is 15.5 Å². The smallest absolute Gasteiger partial charge is 0.317 e. The lowest BCUT2D eigenvalue weighted by molar-refractivity contribution is -0.135. The second-order valence-electron chi connectivity index (χ2n) is 2.17. The Balaban J connectivity index is 3.08. The van der Waals surface area contributed by atoms with Crippen LogP contribution in [0.2, 0.25) is 0 Å². The first-order valence-electron chi connectivity index (χ1n) is 3.33. The summed E-state index contributed by atoms with van der Waals surface area (Å²) in [6.07, 6.45) is -0.0606. The van der Waals surface area contributed by atoms with Crippen LogP contribution in [-0.4, -0.2) is 41.3 Å². The van der Waals surface area contributed by atoms with Crippen LogP contribution < -0.4 is 5.32 Å². The number of alkyl halides is 1. The van der Waals surface area contributed by atoms with Crippen molar-refractivity contribution in [2.24, 2.45) is 0 Å². The largest absolute Gasteiger partial charge is 0.480 e. The van der Waals surface area contributed by atoms with Crippen molar-refractivity contribution in [1.82, 2.24) is 5.32 Å². The average molecular weight is 182 g/mol. The van der Waals surface area contributed by atoms with Crippen LogP contribution in [0.4, 0.5) is 0 Å². The molecule has 0 amide bonds. The SMILES string of the molecule is O=C(O)CNCCC(O)CCl. The van der Waals surface area contributed by atoms with Crippen LogP contribution in [0.5, 0.6) is 0 Å². The van der Waals surface area contributed by atoms with Crippen LogP contribution in [0, 0.1) is 0 Å². The van der Waals surface area contributed by atoms with E-state index in [4.69, 9.17) is 21.8 Å². The van der Waals surface area contributed by atoms with Gasteiger partial charge in [-0.1, -0.05) is 0 Å². The average Bonchev–Trinajstić information content (AvgIpc) is 1.97. The molecule has 0 aliphatic heterocycles. The zero-order chi connectivity index (χ0) is 8.69. The summed E-state index contributed by atoms with van der Waals surface area (Å²) in [6, 6.07) is 0. The van der Waals surface area contributed by atoms with Gasteiger partial charge in [-0.05, 0) is 13.0 Å². The predicted octanol–water partition coefficient (Wildman–Crippen LogP) is -0.350. The lowest BCUT2D eigenvalue weighted by atomic mass is 10.3. The second-order valence-corrected chi connectivity index (χ2v) is 2.48.